The van der Waals surface area contributed by atoms with Crippen LogP contribution in [-0.4, -0.2) is 33.0 Å². The maximum absolute atomic E-state index is 10.4. The molecular weight excluding hydrogens is 268 g/mol. The molecular formula is C5H7ClINO2. The van der Waals surface area contributed by atoms with Gasteiger partial charge in [0.15, 0.2) is 0 Å². The van der Waals surface area contributed by atoms with Gasteiger partial charge in [0.1, 0.15) is 6.04 Å². The van der Waals surface area contributed by atoms with Crippen LogP contribution in [0.5, 0.6) is 0 Å². The van der Waals surface area contributed by atoms with E-state index in [1.807, 2.05) is 0 Å². The standard InChI is InChI=1S/C5H7ClINO2/c6-3-2(7)1-8-4(3)5(9)10/h2-4,8H,1H2,(H,9,10). The fourth-order valence-corrected chi connectivity index (χ4v) is 1.85. The van der Waals surface area contributed by atoms with Gasteiger partial charge in [-0.15, -0.1) is 11.6 Å². The molecule has 3 unspecified atom stereocenters. The topological polar surface area (TPSA) is 49.3 Å². The van der Waals surface area contributed by atoms with Crippen LogP contribution in [-0.2, 0) is 4.79 Å². The van der Waals surface area contributed by atoms with E-state index in [1.54, 1.807) is 0 Å². The third kappa shape index (κ3) is 1.54. The zero-order valence-corrected chi connectivity index (χ0v) is 7.96. The van der Waals surface area contributed by atoms with Gasteiger partial charge in [-0.3, -0.25) is 4.79 Å². The van der Waals surface area contributed by atoms with Gasteiger partial charge in [-0.05, 0) is 0 Å². The van der Waals surface area contributed by atoms with Crippen LogP contribution in [0.1, 0.15) is 0 Å². The Balaban J connectivity index is 2.57. The summed E-state index contributed by atoms with van der Waals surface area (Å²) in [7, 11) is 0. The molecule has 1 aliphatic rings. The number of carboxylic acids is 1. The summed E-state index contributed by atoms with van der Waals surface area (Å²) in [6, 6.07) is -0.566. The van der Waals surface area contributed by atoms with Crippen molar-refractivity contribution in [3.63, 3.8) is 0 Å². The predicted molar refractivity (Wildman–Crippen MR) is 46.9 cm³/mol. The van der Waals surface area contributed by atoms with Crippen LogP contribution in [0.25, 0.3) is 0 Å². The smallest absolute Gasteiger partial charge is 0.322 e. The normalized spacial score (nSPS) is 40.0. The average molecular weight is 275 g/mol. The first kappa shape index (κ1) is 8.55. The van der Waals surface area contributed by atoms with Crippen LogP contribution in [0.15, 0.2) is 0 Å². The molecule has 1 heterocycles. The highest BCUT2D eigenvalue weighted by Crippen LogP contribution is 2.21. The lowest BCUT2D eigenvalue weighted by atomic mass is 10.2. The minimum Gasteiger partial charge on any atom is -0.480 e. The van der Waals surface area contributed by atoms with Crippen molar-refractivity contribution in [3.05, 3.63) is 0 Å². The fourth-order valence-electron chi connectivity index (χ4n) is 0.897. The van der Waals surface area contributed by atoms with Gasteiger partial charge >= 0.3 is 5.97 Å². The second-order valence-electron chi connectivity index (χ2n) is 2.18. The summed E-state index contributed by atoms with van der Waals surface area (Å²) in [5, 5.41) is 11.1. The molecule has 5 heteroatoms. The molecule has 1 aliphatic heterocycles. The monoisotopic (exact) mass is 275 g/mol. The first-order valence-corrected chi connectivity index (χ1v) is 4.55. The molecule has 3 atom stereocenters. The molecule has 0 spiro atoms. The zero-order chi connectivity index (χ0) is 7.72. The average Bonchev–Trinajstić information content (AvgIpc) is 2.14. The Bertz CT molecular complexity index is 155. The third-order valence-corrected chi connectivity index (χ3v) is 3.66. The van der Waals surface area contributed by atoms with Crippen LogP contribution in [0.4, 0.5) is 0 Å². The summed E-state index contributed by atoms with van der Waals surface area (Å²) < 4.78 is 0.223. The second-order valence-corrected chi connectivity index (χ2v) is 4.29. The highest BCUT2D eigenvalue weighted by atomic mass is 127. The molecule has 1 saturated heterocycles. The van der Waals surface area contributed by atoms with Crippen molar-refractivity contribution < 1.29 is 9.90 Å². The molecule has 0 aromatic heterocycles. The number of alkyl halides is 2. The van der Waals surface area contributed by atoms with E-state index < -0.39 is 12.0 Å². The van der Waals surface area contributed by atoms with Gasteiger partial charge in [-0.2, -0.15) is 0 Å². The van der Waals surface area contributed by atoms with Crippen LogP contribution in [0, 0.1) is 0 Å². The zero-order valence-electron chi connectivity index (χ0n) is 5.05. The van der Waals surface area contributed by atoms with Gasteiger partial charge < -0.3 is 10.4 Å². The SMILES string of the molecule is O=C(O)C1NCC(I)C1Cl. The van der Waals surface area contributed by atoms with E-state index in [0.29, 0.717) is 6.54 Å². The van der Waals surface area contributed by atoms with Gasteiger partial charge in [-0.1, -0.05) is 22.6 Å². The molecule has 58 valence electrons. The van der Waals surface area contributed by atoms with Gasteiger partial charge in [-0.25, -0.2) is 0 Å². The first-order valence-electron chi connectivity index (χ1n) is 2.87. The first-order chi connectivity index (χ1) is 4.63. The van der Waals surface area contributed by atoms with E-state index in [-0.39, 0.29) is 9.30 Å². The predicted octanol–water partition coefficient (Wildman–Crippen LogP) is 0.454. The van der Waals surface area contributed by atoms with Crippen molar-refractivity contribution >= 4 is 40.2 Å². The molecule has 0 aromatic carbocycles. The lowest BCUT2D eigenvalue weighted by molar-refractivity contribution is -0.138. The van der Waals surface area contributed by atoms with Crippen molar-refractivity contribution in [1.82, 2.24) is 5.32 Å². The number of carboxylic acid groups (broad SMARTS) is 1. The van der Waals surface area contributed by atoms with E-state index in [0.717, 1.165) is 0 Å². The summed E-state index contributed by atoms with van der Waals surface area (Å²) in [5.41, 5.74) is 0. The minimum absolute atomic E-state index is 0.223. The second kappa shape index (κ2) is 3.23. The van der Waals surface area contributed by atoms with Crippen LogP contribution in [0.3, 0.4) is 0 Å². The summed E-state index contributed by atoms with van der Waals surface area (Å²) in [5.74, 6) is -0.862. The van der Waals surface area contributed by atoms with Gasteiger partial charge in [0, 0.05) is 10.5 Å². The number of nitrogens with one attached hydrogen (secondary N) is 1. The Kier molecular flexibility index (Phi) is 2.76. The summed E-state index contributed by atoms with van der Waals surface area (Å²) in [4.78, 5) is 10.4. The van der Waals surface area contributed by atoms with Crippen molar-refractivity contribution in [2.45, 2.75) is 15.3 Å². The maximum atomic E-state index is 10.4. The number of aliphatic carboxylic acids is 1. The highest BCUT2D eigenvalue weighted by Gasteiger charge is 2.37. The summed E-state index contributed by atoms with van der Waals surface area (Å²) in [6.45, 7) is 0.686. The molecule has 10 heavy (non-hydrogen) atoms. The van der Waals surface area contributed by atoms with Crippen LogP contribution in [0.2, 0.25) is 0 Å². The molecule has 0 amide bonds. The van der Waals surface area contributed by atoms with E-state index >= 15 is 0 Å². The number of rotatable bonds is 1. The molecule has 0 radical (unpaired) electrons. The quantitative estimate of drug-likeness (QED) is 0.540. The largest absolute Gasteiger partial charge is 0.480 e. The molecule has 1 rings (SSSR count). The summed E-state index contributed by atoms with van der Waals surface area (Å²) >= 11 is 7.92. The fraction of sp³-hybridized carbons (Fsp3) is 0.800. The lowest BCUT2D eigenvalue weighted by Crippen LogP contribution is -2.36. The Labute approximate surface area is 77.3 Å². The van der Waals surface area contributed by atoms with Crippen molar-refractivity contribution in [2.75, 3.05) is 6.54 Å². The van der Waals surface area contributed by atoms with Crippen molar-refractivity contribution in [3.8, 4) is 0 Å². The molecule has 3 nitrogen and oxygen atoms in total. The third-order valence-electron chi connectivity index (χ3n) is 1.46. The number of halogens is 2. The molecule has 0 bridgehead atoms. The van der Waals surface area contributed by atoms with E-state index in [4.69, 9.17) is 16.7 Å². The maximum Gasteiger partial charge on any atom is 0.322 e. The van der Waals surface area contributed by atoms with Gasteiger partial charge in [0.25, 0.3) is 0 Å². The summed E-state index contributed by atoms with van der Waals surface area (Å²) in [6.07, 6.45) is 0. The van der Waals surface area contributed by atoms with E-state index in [1.165, 1.54) is 0 Å². The Morgan fingerprint density at radius 1 is 1.80 bits per heavy atom. The Hall–Kier alpha value is 0.450. The van der Waals surface area contributed by atoms with E-state index in [9.17, 15) is 4.79 Å². The molecule has 2 N–H and O–H groups in total. The molecule has 0 saturated carbocycles. The van der Waals surface area contributed by atoms with Crippen LogP contribution < -0.4 is 5.32 Å². The Morgan fingerprint density at radius 2 is 2.40 bits per heavy atom. The molecule has 0 aromatic rings. The number of carbonyl (C=O) groups is 1. The van der Waals surface area contributed by atoms with E-state index in [2.05, 4.69) is 27.9 Å². The molecule has 1 fully saturated rings. The number of hydrogen-bond donors (Lipinski definition) is 2. The van der Waals surface area contributed by atoms with Crippen molar-refractivity contribution in [1.29, 1.82) is 0 Å². The lowest BCUT2D eigenvalue weighted by Gasteiger charge is -2.08. The minimum atomic E-state index is -0.862. The number of hydrogen-bond acceptors (Lipinski definition) is 2. The van der Waals surface area contributed by atoms with Crippen LogP contribution >= 0.6 is 34.2 Å². The molecule has 0 aliphatic carbocycles. The van der Waals surface area contributed by atoms with Gasteiger partial charge in [0.2, 0.25) is 0 Å². The highest BCUT2D eigenvalue weighted by molar-refractivity contribution is 14.1. The van der Waals surface area contributed by atoms with Crippen molar-refractivity contribution in [2.24, 2.45) is 0 Å². The van der Waals surface area contributed by atoms with Gasteiger partial charge in [0.05, 0.1) is 5.38 Å². The Morgan fingerprint density at radius 3 is 2.60 bits per heavy atom.